The molecule has 0 radical (unpaired) electrons. The van der Waals surface area contributed by atoms with Crippen LogP contribution < -0.4 is 16.3 Å². The van der Waals surface area contributed by atoms with Gasteiger partial charge in [0.25, 0.3) is 17.4 Å². The van der Waals surface area contributed by atoms with E-state index in [1.807, 2.05) is 0 Å². The summed E-state index contributed by atoms with van der Waals surface area (Å²) in [6.07, 6.45) is 0.381. The lowest BCUT2D eigenvalue weighted by atomic mass is 10.00. The first-order valence-electron chi connectivity index (χ1n) is 9.72. The molecular formula is C20H23N5O6. The molecule has 1 fully saturated rings. The minimum absolute atomic E-state index is 0.108. The lowest BCUT2D eigenvalue weighted by Crippen LogP contribution is -2.49. The topological polar surface area (TPSA) is 140 Å². The number of carbonyl (C=O) groups is 4. The molecule has 2 N–H and O–H groups in total. The van der Waals surface area contributed by atoms with Crippen LogP contribution in [-0.2, 0) is 32.6 Å². The highest BCUT2D eigenvalue weighted by atomic mass is 16.5. The van der Waals surface area contributed by atoms with E-state index in [-0.39, 0.29) is 18.4 Å². The second-order valence-electron chi connectivity index (χ2n) is 7.36. The molecule has 164 valence electrons. The fourth-order valence-electron chi connectivity index (χ4n) is 3.18. The average molecular weight is 429 g/mol. The van der Waals surface area contributed by atoms with Crippen molar-refractivity contribution in [2.45, 2.75) is 38.6 Å². The van der Waals surface area contributed by atoms with Gasteiger partial charge in [-0.15, -0.1) is 0 Å². The summed E-state index contributed by atoms with van der Waals surface area (Å²) in [6, 6.07) is 6.25. The van der Waals surface area contributed by atoms with Gasteiger partial charge in [0.05, 0.1) is 17.3 Å². The van der Waals surface area contributed by atoms with Crippen LogP contribution in [0.4, 0.5) is 4.79 Å². The van der Waals surface area contributed by atoms with Gasteiger partial charge in [0.15, 0.2) is 6.61 Å². The van der Waals surface area contributed by atoms with E-state index in [1.165, 1.54) is 0 Å². The number of nitrogens with one attached hydrogen (secondary N) is 2. The van der Waals surface area contributed by atoms with Crippen LogP contribution in [0.5, 0.6) is 0 Å². The van der Waals surface area contributed by atoms with Crippen molar-refractivity contribution in [3.05, 3.63) is 40.4 Å². The van der Waals surface area contributed by atoms with E-state index < -0.39 is 36.0 Å². The first kappa shape index (κ1) is 21.9. The van der Waals surface area contributed by atoms with E-state index in [2.05, 4.69) is 15.7 Å². The number of hydrogen-bond donors (Lipinski definition) is 2. The Morgan fingerprint density at radius 3 is 2.61 bits per heavy atom. The summed E-state index contributed by atoms with van der Waals surface area (Å²) < 4.78 is 6.63. The van der Waals surface area contributed by atoms with Crippen molar-refractivity contribution in [3.63, 3.8) is 0 Å². The number of nitrogens with zero attached hydrogens (tertiary/aromatic N) is 3. The summed E-state index contributed by atoms with van der Waals surface area (Å²) in [6.45, 7) is 2.61. The second-order valence-corrected chi connectivity index (χ2v) is 7.36. The van der Waals surface area contributed by atoms with Gasteiger partial charge in [-0.2, -0.15) is 9.99 Å². The Bertz CT molecular complexity index is 1130. The lowest BCUT2D eigenvalue weighted by molar-refractivity contribution is -0.150. The van der Waals surface area contributed by atoms with Gasteiger partial charge >= 0.3 is 12.0 Å². The number of aryl methyl sites for hydroxylation is 2. The molecule has 1 atom stereocenters. The van der Waals surface area contributed by atoms with E-state index in [4.69, 9.17) is 4.74 Å². The molecule has 31 heavy (non-hydrogen) atoms. The Balaban J connectivity index is 1.53. The van der Waals surface area contributed by atoms with Gasteiger partial charge in [0, 0.05) is 13.5 Å². The average Bonchev–Trinajstić information content (AvgIpc) is 2.97. The van der Waals surface area contributed by atoms with E-state index in [9.17, 15) is 24.0 Å². The molecule has 1 unspecified atom stereocenters. The Kier molecular flexibility index (Phi) is 6.04. The maximum absolute atomic E-state index is 12.2. The van der Waals surface area contributed by atoms with Crippen molar-refractivity contribution in [1.82, 2.24) is 25.3 Å². The molecule has 0 spiro atoms. The quantitative estimate of drug-likeness (QED) is 0.472. The fraction of sp³-hybridized carbons (Fsp3) is 0.400. The van der Waals surface area contributed by atoms with Gasteiger partial charge in [-0.05, 0) is 25.5 Å². The number of ether oxygens (including phenoxy) is 1. The van der Waals surface area contributed by atoms with Crippen LogP contribution in [0, 0.1) is 0 Å². The zero-order valence-electron chi connectivity index (χ0n) is 17.4. The molecule has 1 aliphatic rings. The van der Waals surface area contributed by atoms with Gasteiger partial charge in [-0.3, -0.25) is 24.6 Å². The van der Waals surface area contributed by atoms with Crippen molar-refractivity contribution >= 4 is 34.7 Å². The van der Waals surface area contributed by atoms with Crippen LogP contribution in [0.25, 0.3) is 10.9 Å². The molecule has 0 saturated carbocycles. The van der Waals surface area contributed by atoms with Crippen molar-refractivity contribution in [2.24, 2.45) is 7.05 Å². The van der Waals surface area contributed by atoms with E-state index >= 15 is 0 Å². The number of imide groups is 1. The standard InChI is InChI=1S/C20H23N5O6/c1-4-20(2)18(29)25(19(30)22-20)23-15(26)11-31-16(27)10-9-14-21-17(28)12-7-5-6-8-13(12)24(14)3/h5-8H,4,9-11H2,1-3H3,(H,22,30)(H,23,26). The zero-order chi connectivity index (χ0) is 22.8. The van der Waals surface area contributed by atoms with Crippen LogP contribution in [0.15, 0.2) is 29.1 Å². The molecule has 2 heterocycles. The van der Waals surface area contributed by atoms with Gasteiger partial charge < -0.3 is 14.6 Å². The largest absolute Gasteiger partial charge is 0.455 e. The van der Waals surface area contributed by atoms with Crippen molar-refractivity contribution < 1.29 is 23.9 Å². The summed E-state index contributed by atoms with van der Waals surface area (Å²) in [4.78, 5) is 64.3. The molecule has 11 nitrogen and oxygen atoms in total. The minimum atomic E-state index is -1.09. The highest BCUT2D eigenvalue weighted by Gasteiger charge is 2.47. The first-order chi connectivity index (χ1) is 14.7. The Morgan fingerprint density at radius 2 is 1.94 bits per heavy atom. The molecule has 1 aliphatic heterocycles. The summed E-state index contributed by atoms with van der Waals surface area (Å²) in [5.41, 5.74) is 1.35. The number of hydrogen-bond acceptors (Lipinski definition) is 7. The third-order valence-corrected chi connectivity index (χ3v) is 5.24. The number of carbonyl (C=O) groups excluding carboxylic acids is 4. The minimum Gasteiger partial charge on any atom is -0.455 e. The molecule has 1 saturated heterocycles. The smallest absolute Gasteiger partial charge is 0.344 e. The maximum Gasteiger partial charge on any atom is 0.344 e. The number of fused-ring (bicyclic) bond motifs is 1. The summed E-state index contributed by atoms with van der Waals surface area (Å²) in [5, 5.41) is 3.55. The number of benzene rings is 1. The van der Waals surface area contributed by atoms with Crippen molar-refractivity contribution in [1.29, 1.82) is 0 Å². The molecule has 1 aromatic heterocycles. The van der Waals surface area contributed by atoms with Crippen LogP contribution in [0.3, 0.4) is 0 Å². The third-order valence-electron chi connectivity index (χ3n) is 5.24. The van der Waals surface area contributed by atoms with Crippen LogP contribution in [0.2, 0.25) is 0 Å². The maximum atomic E-state index is 12.2. The molecule has 11 heteroatoms. The van der Waals surface area contributed by atoms with Crippen LogP contribution in [0.1, 0.15) is 32.5 Å². The zero-order valence-corrected chi connectivity index (χ0v) is 17.4. The predicted molar refractivity (Wildman–Crippen MR) is 108 cm³/mol. The molecular weight excluding hydrogens is 406 g/mol. The SMILES string of the molecule is CCC1(C)NC(=O)N(NC(=O)COC(=O)CCc2nc(=O)c3ccccc3n2C)C1=O. The van der Waals surface area contributed by atoms with Gasteiger partial charge in [-0.25, -0.2) is 4.79 Å². The van der Waals surface area contributed by atoms with Crippen LogP contribution >= 0.6 is 0 Å². The number of hydrazine groups is 1. The number of amides is 4. The Morgan fingerprint density at radius 1 is 1.23 bits per heavy atom. The normalized spacial score (nSPS) is 18.2. The van der Waals surface area contributed by atoms with E-state index in [0.717, 1.165) is 0 Å². The second kappa shape index (κ2) is 8.54. The summed E-state index contributed by atoms with van der Waals surface area (Å²) in [5.74, 6) is -1.70. The summed E-state index contributed by atoms with van der Waals surface area (Å²) >= 11 is 0. The highest BCUT2D eigenvalue weighted by Crippen LogP contribution is 2.19. The highest BCUT2D eigenvalue weighted by molar-refractivity contribution is 6.07. The van der Waals surface area contributed by atoms with E-state index in [1.54, 1.807) is 49.7 Å². The summed E-state index contributed by atoms with van der Waals surface area (Å²) in [7, 11) is 1.74. The van der Waals surface area contributed by atoms with Gasteiger partial charge in [0.1, 0.15) is 11.4 Å². The monoisotopic (exact) mass is 429 g/mol. The molecule has 2 aromatic rings. The Labute approximate surface area is 177 Å². The van der Waals surface area contributed by atoms with Crippen LogP contribution in [-0.4, -0.2) is 50.5 Å². The molecule has 3 rings (SSSR count). The predicted octanol–water partition coefficient (Wildman–Crippen LogP) is 0.161. The number of aromatic nitrogens is 2. The molecule has 0 bridgehead atoms. The number of para-hydroxylation sites is 1. The molecule has 4 amide bonds. The number of esters is 1. The van der Waals surface area contributed by atoms with E-state index in [0.29, 0.717) is 28.2 Å². The van der Waals surface area contributed by atoms with Gasteiger partial charge in [-0.1, -0.05) is 19.1 Å². The molecule has 1 aromatic carbocycles. The van der Waals surface area contributed by atoms with Gasteiger partial charge in [0.2, 0.25) is 0 Å². The first-order valence-corrected chi connectivity index (χ1v) is 9.72. The number of urea groups is 1. The fourth-order valence-corrected chi connectivity index (χ4v) is 3.18. The Hall–Kier alpha value is -3.76. The lowest BCUT2D eigenvalue weighted by Gasteiger charge is -2.19. The number of rotatable bonds is 7. The van der Waals surface area contributed by atoms with Crippen molar-refractivity contribution in [3.8, 4) is 0 Å². The third kappa shape index (κ3) is 4.39. The van der Waals surface area contributed by atoms with Crippen molar-refractivity contribution in [2.75, 3.05) is 6.61 Å². The molecule has 0 aliphatic carbocycles.